The Labute approximate surface area is 91.6 Å². The molecule has 2 fully saturated rings. The molecule has 0 aromatic rings. The van der Waals surface area contributed by atoms with Gasteiger partial charge in [-0.25, -0.2) is 0 Å². The average Bonchev–Trinajstić information content (AvgIpc) is 2.54. The van der Waals surface area contributed by atoms with E-state index < -0.39 is 0 Å². The molecule has 86 valence electrons. The third kappa shape index (κ3) is 2.32. The summed E-state index contributed by atoms with van der Waals surface area (Å²) < 4.78 is 0. The SMILES string of the molecule is CN(C)CCN1CC2NCCCC2C1=O. The molecule has 4 heteroatoms. The van der Waals surface area contributed by atoms with Crippen molar-refractivity contribution >= 4 is 5.91 Å². The van der Waals surface area contributed by atoms with Crippen molar-refractivity contribution in [1.29, 1.82) is 0 Å². The second-order valence-corrected chi connectivity index (χ2v) is 4.90. The van der Waals surface area contributed by atoms with E-state index in [1.807, 2.05) is 19.0 Å². The highest BCUT2D eigenvalue weighted by Crippen LogP contribution is 2.25. The molecule has 2 saturated heterocycles. The fourth-order valence-electron chi connectivity index (χ4n) is 2.52. The number of amides is 1. The van der Waals surface area contributed by atoms with Crippen LogP contribution in [0.3, 0.4) is 0 Å². The van der Waals surface area contributed by atoms with E-state index >= 15 is 0 Å². The number of carbonyl (C=O) groups excluding carboxylic acids is 1. The molecule has 15 heavy (non-hydrogen) atoms. The Bertz CT molecular complexity index is 242. The van der Waals surface area contributed by atoms with E-state index in [1.54, 1.807) is 0 Å². The highest BCUT2D eigenvalue weighted by molar-refractivity contribution is 5.82. The summed E-state index contributed by atoms with van der Waals surface area (Å²) in [5, 5.41) is 3.45. The molecule has 0 bridgehead atoms. The monoisotopic (exact) mass is 211 g/mol. The van der Waals surface area contributed by atoms with E-state index in [-0.39, 0.29) is 5.92 Å². The highest BCUT2D eigenvalue weighted by atomic mass is 16.2. The van der Waals surface area contributed by atoms with Crippen LogP contribution in [0.25, 0.3) is 0 Å². The number of hydrogen-bond donors (Lipinski definition) is 1. The maximum Gasteiger partial charge on any atom is 0.227 e. The number of nitrogens with zero attached hydrogens (tertiary/aromatic N) is 2. The van der Waals surface area contributed by atoms with Crippen LogP contribution < -0.4 is 5.32 Å². The van der Waals surface area contributed by atoms with Gasteiger partial charge < -0.3 is 15.1 Å². The molecule has 2 aliphatic rings. The largest absolute Gasteiger partial charge is 0.340 e. The van der Waals surface area contributed by atoms with Gasteiger partial charge in [-0.05, 0) is 33.5 Å². The van der Waals surface area contributed by atoms with Crippen LogP contribution in [0.4, 0.5) is 0 Å². The van der Waals surface area contributed by atoms with Crippen LogP contribution in [0, 0.1) is 5.92 Å². The molecule has 0 spiro atoms. The molecule has 2 rings (SSSR count). The topological polar surface area (TPSA) is 35.6 Å². The lowest BCUT2D eigenvalue weighted by atomic mass is 9.94. The number of likely N-dealkylation sites (N-methyl/N-ethyl adjacent to an activating group) is 1. The predicted molar refractivity (Wildman–Crippen MR) is 59.6 cm³/mol. The van der Waals surface area contributed by atoms with Crippen molar-refractivity contribution in [2.45, 2.75) is 18.9 Å². The molecule has 0 radical (unpaired) electrons. The van der Waals surface area contributed by atoms with E-state index in [2.05, 4.69) is 10.2 Å². The minimum Gasteiger partial charge on any atom is -0.340 e. The van der Waals surface area contributed by atoms with Crippen molar-refractivity contribution in [2.75, 3.05) is 40.3 Å². The van der Waals surface area contributed by atoms with Crippen LogP contribution in [-0.4, -0.2) is 62.0 Å². The first-order valence-corrected chi connectivity index (χ1v) is 5.85. The summed E-state index contributed by atoms with van der Waals surface area (Å²) in [6.07, 6.45) is 2.23. The van der Waals surface area contributed by atoms with Crippen LogP contribution in [-0.2, 0) is 4.79 Å². The Hall–Kier alpha value is -0.610. The smallest absolute Gasteiger partial charge is 0.227 e. The molecule has 1 amide bonds. The summed E-state index contributed by atoms with van der Waals surface area (Å²) in [5.74, 6) is 0.634. The van der Waals surface area contributed by atoms with Gasteiger partial charge in [0.05, 0.1) is 5.92 Å². The third-order valence-electron chi connectivity index (χ3n) is 3.45. The molecule has 2 aliphatic heterocycles. The number of nitrogens with one attached hydrogen (secondary N) is 1. The molecule has 4 nitrogen and oxygen atoms in total. The van der Waals surface area contributed by atoms with Crippen molar-refractivity contribution in [3.05, 3.63) is 0 Å². The summed E-state index contributed by atoms with van der Waals surface area (Å²) in [4.78, 5) is 16.2. The minimum atomic E-state index is 0.265. The summed E-state index contributed by atoms with van der Waals surface area (Å²) in [5.41, 5.74) is 0. The van der Waals surface area contributed by atoms with Gasteiger partial charge in [-0.2, -0.15) is 0 Å². The van der Waals surface area contributed by atoms with Gasteiger partial charge >= 0.3 is 0 Å². The van der Waals surface area contributed by atoms with Gasteiger partial charge in [0.25, 0.3) is 0 Å². The Kier molecular flexibility index (Phi) is 3.26. The molecular weight excluding hydrogens is 190 g/mol. The Balaban J connectivity index is 1.89. The number of fused-ring (bicyclic) bond motifs is 1. The van der Waals surface area contributed by atoms with Gasteiger partial charge in [-0.1, -0.05) is 0 Å². The fraction of sp³-hybridized carbons (Fsp3) is 0.909. The van der Waals surface area contributed by atoms with Crippen LogP contribution in [0.2, 0.25) is 0 Å². The molecule has 0 aliphatic carbocycles. The Morgan fingerprint density at radius 3 is 3.00 bits per heavy atom. The zero-order valence-electron chi connectivity index (χ0n) is 9.70. The van der Waals surface area contributed by atoms with Crippen molar-refractivity contribution < 1.29 is 4.79 Å². The molecule has 2 atom stereocenters. The van der Waals surface area contributed by atoms with E-state index in [0.29, 0.717) is 11.9 Å². The van der Waals surface area contributed by atoms with Crippen molar-refractivity contribution in [3.63, 3.8) is 0 Å². The van der Waals surface area contributed by atoms with E-state index in [4.69, 9.17) is 0 Å². The van der Waals surface area contributed by atoms with Gasteiger partial charge in [0.15, 0.2) is 0 Å². The lowest BCUT2D eigenvalue weighted by Crippen LogP contribution is -2.41. The van der Waals surface area contributed by atoms with Crippen molar-refractivity contribution in [2.24, 2.45) is 5.92 Å². The van der Waals surface area contributed by atoms with Gasteiger partial charge in [0, 0.05) is 25.7 Å². The first-order chi connectivity index (χ1) is 7.18. The molecule has 0 aromatic carbocycles. The minimum absolute atomic E-state index is 0.265. The first kappa shape index (κ1) is 10.9. The molecule has 0 saturated carbocycles. The molecule has 0 aromatic heterocycles. The average molecular weight is 211 g/mol. The summed E-state index contributed by atoms with van der Waals surface area (Å²) in [6, 6.07) is 0.424. The second kappa shape index (κ2) is 4.49. The highest BCUT2D eigenvalue weighted by Gasteiger charge is 2.40. The lowest BCUT2D eigenvalue weighted by Gasteiger charge is -2.23. The fourth-order valence-corrected chi connectivity index (χ4v) is 2.52. The maximum absolute atomic E-state index is 12.0. The van der Waals surface area contributed by atoms with E-state index in [9.17, 15) is 4.79 Å². The maximum atomic E-state index is 12.0. The zero-order valence-corrected chi connectivity index (χ0v) is 9.70. The second-order valence-electron chi connectivity index (χ2n) is 4.90. The standard InChI is InChI=1S/C11H21N3O/c1-13(2)6-7-14-8-10-9(11(14)15)4-3-5-12-10/h9-10,12H,3-8H2,1-2H3. The number of likely N-dealkylation sites (tertiary alicyclic amines) is 1. The quantitative estimate of drug-likeness (QED) is 0.700. The van der Waals surface area contributed by atoms with E-state index in [0.717, 1.165) is 39.0 Å². The summed E-state index contributed by atoms with van der Waals surface area (Å²) >= 11 is 0. The number of rotatable bonds is 3. The number of piperidine rings is 1. The number of carbonyl (C=O) groups is 1. The third-order valence-corrected chi connectivity index (χ3v) is 3.45. The van der Waals surface area contributed by atoms with Crippen LogP contribution in [0.5, 0.6) is 0 Å². The van der Waals surface area contributed by atoms with Gasteiger partial charge in [-0.15, -0.1) is 0 Å². The molecule has 2 unspecified atom stereocenters. The first-order valence-electron chi connectivity index (χ1n) is 5.85. The van der Waals surface area contributed by atoms with Crippen LogP contribution in [0.1, 0.15) is 12.8 Å². The molecule has 1 N–H and O–H groups in total. The molecular formula is C11H21N3O. The summed E-state index contributed by atoms with van der Waals surface area (Å²) in [6.45, 7) is 3.83. The van der Waals surface area contributed by atoms with Gasteiger partial charge in [0.2, 0.25) is 5.91 Å². The number of hydrogen-bond acceptors (Lipinski definition) is 3. The van der Waals surface area contributed by atoms with Crippen molar-refractivity contribution in [3.8, 4) is 0 Å². The predicted octanol–water partition coefficient (Wildman–Crippen LogP) is -0.242. The van der Waals surface area contributed by atoms with Gasteiger partial charge in [-0.3, -0.25) is 4.79 Å². The lowest BCUT2D eigenvalue weighted by molar-refractivity contribution is -0.131. The summed E-state index contributed by atoms with van der Waals surface area (Å²) in [7, 11) is 4.09. The van der Waals surface area contributed by atoms with E-state index in [1.165, 1.54) is 0 Å². The molecule has 2 heterocycles. The Morgan fingerprint density at radius 2 is 2.33 bits per heavy atom. The normalized spacial score (nSPS) is 31.1. The van der Waals surface area contributed by atoms with Crippen molar-refractivity contribution in [1.82, 2.24) is 15.1 Å². The zero-order chi connectivity index (χ0) is 10.8. The van der Waals surface area contributed by atoms with Gasteiger partial charge in [0.1, 0.15) is 0 Å². The van der Waals surface area contributed by atoms with Crippen LogP contribution >= 0.6 is 0 Å². The Morgan fingerprint density at radius 1 is 1.53 bits per heavy atom. The van der Waals surface area contributed by atoms with Crippen LogP contribution in [0.15, 0.2) is 0 Å².